The topological polar surface area (TPSA) is 80.4 Å². The van der Waals surface area contributed by atoms with Gasteiger partial charge in [-0.1, -0.05) is 36.4 Å². The van der Waals surface area contributed by atoms with Gasteiger partial charge in [0, 0.05) is 19.3 Å². The van der Waals surface area contributed by atoms with E-state index in [2.05, 4.69) is 22.4 Å². The molecule has 3 rings (SSSR count). The lowest BCUT2D eigenvalue weighted by atomic mass is 10.1. The van der Waals surface area contributed by atoms with Crippen LogP contribution >= 0.6 is 0 Å². The average Bonchev–Trinajstić information content (AvgIpc) is 2.75. The Balaban J connectivity index is 1.66. The third-order valence-corrected chi connectivity index (χ3v) is 4.57. The first-order valence-corrected chi connectivity index (χ1v) is 9.87. The summed E-state index contributed by atoms with van der Waals surface area (Å²) in [6.45, 7) is 3.77. The van der Waals surface area contributed by atoms with Crippen molar-refractivity contribution in [3.8, 4) is 5.75 Å². The summed E-state index contributed by atoms with van der Waals surface area (Å²) in [5.74, 6) is 0.193. The molecule has 6 heteroatoms. The SMILES string of the molecule is CCOCCNC(=O)c1c[nH]c2c(OCCCc3ccccc3)cccc2c1=O. The van der Waals surface area contributed by atoms with Gasteiger partial charge in [-0.05, 0) is 37.5 Å². The molecule has 0 unspecified atom stereocenters. The van der Waals surface area contributed by atoms with Crippen molar-refractivity contribution in [2.24, 2.45) is 0 Å². The summed E-state index contributed by atoms with van der Waals surface area (Å²) in [4.78, 5) is 28.1. The van der Waals surface area contributed by atoms with E-state index in [0.29, 0.717) is 43.0 Å². The minimum atomic E-state index is -0.415. The third kappa shape index (κ3) is 5.45. The molecule has 0 fully saturated rings. The van der Waals surface area contributed by atoms with E-state index in [1.165, 1.54) is 11.8 Å². The van der Waals surface area contributed by atoms with E-state index in [4.69, 9.17) is 9.47 Å². The number of para-hydroxylation sites is 1. The van der Waals surface area contributed by atoms with Crippen molar-refractivity contribution >= 4 is 16.8 Å². The molecule has 0 saturated heterocycles. The molecule has 3 aromatic rings. The zero-order chi connectivity index (χ0) is 20.5. The summed E-state index contributed by atoms with van der Waals surface area (Å²) in [6.07, 6.45) is 3.23. The number of carbonyl (C=O) groups is 1. The smallest absolute Gasteiger partial charge is 0.256 e. The fourth-order valence-corrected chi connectivity index (χ4v) is 3.09. The van der Waals surface area contributed by atoms with E-state index in [9.17, 15) is 9.59 Å². The van der Waals surface area contributed by atoms with Crippen LogP contribution in [0.1, 0.15) is 29.3 Å². The fraction of sp³-hybridized carbons (Fsp3) is 0.304. The average molecular weight is 394 g/mol. The van der Waals surface area contributed by atoms with Crippen molar-refractivity contribution in [3.63, 3.8) is 0 Å². The first-order chi connectivity index (χ1) is 14.2. The summed E-state index contributed by atoms with van der Waals surface area (Å²) >= 11 is 0. The van der Waals surface area contributed by atoms with Crippen molar-refractivity contribution in [3.05, 3.63) is 76.1 Å². The molecular weight excluding hydrogens is 368 g/mol. The normalized spacial score (nSPS) is 10.8. The minimum Gasteiger partial charge on any atom is -0.491 e. The van der Waals surface area contributed by atoms with Crippen LogP contribution in [0.2, 0.25) is 0 Å². The van der Waals surface area contributed by atoms with Gasteiger partial charge in [-0.3, -0.25) is 9.59 Å². The quantitative estimate of drug-likeness (QED) is 0.517. The van der Waals surface area contributed by atoms with Gasteiger partial charge in [0.2, 0.25) is 5.43 Å². The number of ether oxygens (including phenoxy) is 2. The summed E-state index contributed by atoms with van der Waals surface area (Å²) < 4.78 is 11.1. The van der Waals surface area contributed by atoms with Crippen LogP contribution in [-0.4, -0.2) is 37.3 Å². The Morgan fingerprint density at radius 2 is 1.90 bits per heavy atom. The monoisotopic (exact) mass is 394 g/mol. The summed E-state index contributed by atoms with van der Waals surface area (Å²) in [6, 6.07) is 15.5. The zero-order valence-electron chi connectivity index (χ0n) is 16.6. The Morgan fingerprint density at radius 3 is 2.69 bits per heavy atom. The third-order valence-electron chi connectivity index (χ3n) is 4.57. The Hall–Kier alpha value is -3.12. The Kier molecular flexibility index (Phi) is 7.41. The minimum absolute atomic E-state index is 0.0789. The maximum Gasteiger partial charge on any atom is 0.256 e. The van der Waals surface area contributed by atoms with Gasteiger partial charge < -0.3 is 19.8 Å². The van der Waals surface area contributed by atoms with E-state index in [0.717, 1.165) is 12.8 Å². The number of fused-ring (bicyclic) bond motifs is 1. The van der Waals surface area contributed by atoms with Crippen molar-refractivity contribution in [1.82, 2.24) is 10.3 Å². The van der Waals surface area contributed by atoms with Crippen LogP contribution < -0.4 is 15.5 Å². The zero-order valence-corrected chi connectivity index (χ0v) is 16.6. The number of pyridine rings is 1. The molecule has 29 heavy (non-hydrogen) atoms. The lowest BCUT2D eigenvalue weighted by molar-refractivity contribution is 0.0921. The van der Waals surface area contributed by atoms with Gasteiger partial charge in [0.1, 0.15) is 11.3 Å². The van der Waals surface area contributed by atoms with Crippen molar-refractivity contribution in [1.29, 1.82) is 0 Å². The lowest BCUT2D eigenvalue weighted by Crippen LogP contribution is -2.31. The highest BCUT2D eigenvalue weighted by molar-refractivity contribution is 5.97. The van der Waals surface area contributed by atoms with Gasteiger partial charge in [0.25, 0.3) is 5.91 Å². The van der Waals surface area contributed by atoms with Crippen LogP contribution in [0, 0.1) is 0 Å². The Bertz CT molecular complexity index is 999. The van der Waals surface area contributed by atoms with Crippen LogP contribution in [0.15, 0.2) is 59.5 Å². The summed E-state index contributed by atoms with van der Waals surface area (Å²) in [7, 11) is 0. The highest BCUT2D eigenvalue weighted by Crippen LogP contribution is 2.22. The number of nitrogens with one attached hydrogen (secondary N) is 2. The molecule has 0 atom stereocenters. The standard InChI is InChI=1S/C23H26N2O4/c1-2-28-15-13-24-23(27)19-16-25-21-18(22(19)26)11-6-12-20(21)29-14-7-10-17-8-4-3-5-9-17/h3-6,8-9,11-12,16H,2,7,10,13-15H2,1H3,(H,24,27)(H,25,26). The van der Waals surface area contributed by atoms with Crippen LogP contribution in [0.4, 0.5) is 0 Å². The largest absolute Gasteiger partial charge is 0.491 e. The van der Waals surface area contributed by atoms with Crippen molar-refractivity contribution in [2.75, 3.05) is 26.4 Å². The van der Waals surface area contributed by atoms with Gasteiger partial charge in [0.15, 0.2) is 0 Å². The number of aromatic amines is 1. The van der Waals surface area contributed by atoms with E-state index >= 15 is 0 Å². The molecule has 152 valence electrons. The number of hydrogen-bond acceptors (Lipinski definition) is 4. The lowest BCUT2D eigenvalue weighted by Gasteiger charge is -2.10. The molecule has 1 heterocycles. The van der Waals surface area contributed by atoms with Crippen molar-refractivity contribution < 1.29 is 14.3 Å². The number of H-pyrrole nitrogens is 1. The van der Waals surface area contributed by atoms with Gasteiger partial charge in [-0.15, -0.1) is 0 Å². The Morgan fingerprint density at radius 1 is 1.07 bits per heavy atom. The molecule has 0 saturated carbocycles. The number of aromatic nitrogens is 1. The second-order valence-corrected chi connectivity index (χ2v) is 6.60. The van der Waals surface area contributed by atoms with Crippen LogP contribution in [0.25, 0.3) is 10.9 Å². The number of carbonyl (C=O) groups excluding carboxylic acids is 1. The molecule has 1 aromatic heterocycles. The van der Waals surface area contributed by atoms with Crippen LogP contribution in [-0.2, 0) is 11.2 Å². The molecule has 0 aliphatic carbocycles. The number of rotatable bonds is 10. The maximum absolute atomic E-state index is 12.8. The second-order valence-electron chi connectivity index (χ2n) is 6.60. The van der Waals surface area contributed by atoms with Crippen molar-refractivity contribution in [2.45, 2.75) is 19.8 Å². The van der Waals surface area contributed by atoms with E-state index in [1.54, 1.807) is 12.1 Å². The molecule has 0 radical (unpaired) electrons. The first kappa shape index (κ1) is 20.6. The van der Waals surface area contributed by atoms with Crippen LogP contribution in [0.3, 0.4) is 0 Å². The first-order valence-electron chi connectivity index (χ1n) is 9.87. The molecule has 0 spiro atoms. The number of hydrogen-bond donors (Lipinski definition) is 2. The Labute approximate surface area is 169 Å². The van der Waals surface area contributed by atoms with Gasteiger partial charge in [-0.2, -0.15) is 0 Å². The number of amides is 1. The fourth-order valence-electron chi connectivity index (χ4n) is 3.09. The summed E-state index contributed by atoms with van der Waals surface area (Å²) in [5, 5.41) is 3.13. The second kappa shape index (κ2) is 10.4. The van der Waals surface area contributed by atoms with Gasteiger partial charge in [0.05, 0.1) is 24.1 Å². The van der Waals surface area contributed by atoms with Gasteiger partial charge in [-0.25, -0.2) is 0 Å². The van der Waals surface area contributed by atoms with E-state index in [-0.39, 0.29) is 11.0 Å². The molecule has 6 nitrogen and oxygen atoms in total. The number of benzene rings is 2. The molecule has 1 amide bonds. The maximum atomic E-state index is 12.8. The molecular formula is C23H26N2O4. The highest BCUT2D eigenvalue weighted by Gasteiger charge is 2.14. The molecule has 0 aliphatic rings. The number of aryl methyl sites for hydroxylation is 1. The van der Waals surface area contributed by atoms with Crippen LogP contribution in [0.5, 0.6) is 5.75 Å². The predicted octanol–water partition coefficient (Wildman–Crippen LogP) is 3.31. The predicted molar refractivity (Wildman–Crippen MR) is 114 cm³/mol. The molecule has 2 aromatic carbocycles. The van der Waals surface area contributed by atoms with E-state index < -0.39 is 5.91 Å². The molecule has 0 bridgehead atoms. The summed E-state index contributed by atoms with van der Waals surface area (Å²) in [5.41, 5.74) is 1.63. The molecule has 2 N–H and O–H groups in total. The molecule has 0 aliphatic heterocycles. The highest BCUT2D eigenvalue weighted by atomic mass is 16.5. The van der Waals surface area contributed by atoms with Gasteiger partial charge >= 0.3 is 0 Å². The van der Waals surface area contributed by atoms with E-state index in [1.807, 2.05) is 31.2 Å².